The first-order valence-corrected chi connectivity index (χ1v) is 8.15. The van der Waals surface area contributed by atoms with E-state index in [-0.39, 0.29) is 18.3 Å². The summed E-state index contributed by atoms with van der Waals surface area (Å²) in [5, 5.41) is 3.21. The Morgan fingerprint density at radius 1 is 1.13 bits per heavy atom. The van der Waals surface area contributed by atoms with Crippen molar-refractivity contribution in [2.75, 3.05) is 19.3 Å². The molecule has 23 heavy (non-hydrogen) atoms. The Kier molecular flexibility index (Phi) is 4.95. The molecular weight excluding hydrogens is 287 g/mol. The fraction of sp³-hybridized carbons (Fsp3) is 0.556. The second-order valence-corrected chi connectivity index (χ2v) is 7.40. The highest BCUT2D eigenvalue weighted by molar-refractivity contribution is 6.55. The molecule has 0 bridgehead atoms. The van der Waals surface area contributed by atoms with Crippen molar-refractivity contribution < 1.29 is 9.31 Å². The van der Waals surface area contributed by atoms with Crippen LogP contribution in [0.25, 0.3) is 6.08 Å². The maximum atomic E-state index is 6.19. The Labute approximate surface area is 140 Å². The Bertz CT molecular complexity index is 608. The van der Waals surface area contributed by atoms with Gasteiger partial charge in [0.25, 0.3) is 0 Å². The van der Waals surface area contributed by atoms with Crippen LogP contribution in [-0.4, -0.2) is 31.9 Å². The Balaban J connectivity index is 2.38. The molecular formula is C18H29BN2O2. The third kappa shape index (κ3) is 3.62. The number of benzene rings is 1. The SMILES string of the molecule is CNCC(=Cc1cc(C)c(N)cc1C)B1OC(C)(C)C(C)(C)O1. The topological polar surface area (TPSA) is 56.5 Å². The number of hydrogen-bond acceptors (Lipinski definition) is 4. The number of nitrogen functional groups attached to an aromatic ring is 1. The maximum absolute atomic E-state index is 6.19. The first-order chi connectivity index (χ1) is 10.6. The number of hydrogen-bond donors (Lipinski definition) is 2. The van der Waals surface area contributed by atoms with Gasteiger partial charge in [0.2, 0.25) is 0 Å². The highest BCUT2D eigenvalue weighted by Crippen LogP contribution is 2.38. The molecule has 4 nitrogen and oxygen atoms in total. The van der Waals surface area contributed by atoms with Gasteiger partial charge in [0.1, 0.15) is 0 Å². The smallest absolute Gasteiger partial charge is 0.400 e. The van der Waals surface area contributed by atoms with E-state index in [0.717, 1.165) is 27.9 Å². The third-order valence-corrected chi connectivity index (χ3v) is 4.93. The molecule has 1 aromatic rings. The summed E-state index contributed by atoms with van der Waals surface area (Å²) >= 11 is 0. The fourth-order valence-electron chi connectivity index (χ4n) is 2.62. The summed E-state index contributed by atoms with van der Waals surface area (Å²) in [5.41, 5.74) is 10.6. The Morgan fingerprint density at radius 3 is 2.22 bits per heavy atom. The number of nitrogens with one attached hydrogen (secondary N) is 1. The van der Waals surface area contributed by atoms with Crippen LogP contribution < -0.4 is 11.1 Å². The summed E-state index contributed by atoms with van der Waals surface area (Å²) in [6.45, 7) is 13.1. The zero-order valence-electron chi connectivity index (χ0n) is 15.4. The number of nitrogens with two attached hydrogens (primary N) is 1. The largest absolute Gasteiger partial charge is 0.491 e. The van der Waals surface area contributed by atoms with Gasteiger partial charge in [-0.25, -0.2) is 0 Å². The van der Waals surface area contributed by atoms with Gasteiger partial charge in [-0.3, -0.25) is 0 Å². The lowest BCUT2D eigenvalue weighted by Crippen LogP contribution is -2.41. The molecule has 1 fully saturated rings. The predicted octanol–water partition coefficient (Wildman–Crippen LogP) is 3.12. The van der Waals surface area contributed by atoms with Gasteiger partial charge in [0.15, 0.2) is 0 Å². The normalized spacial score (nSPS) is 20.1. The molecule has 0 atom stereocenters. The van der Waals surface area contributed by atoms with Crippen LogP contribution >= 0.6 is 0 Å². The first kappa shape index (κ1) is 18.0. The summed E-state index contributed by atoms with van der Waals surface area (Å²) < 4.78 is 12.4. The average Bonchev–Trinajstić information content (AvgIpc) is 2.64. The van der Waals surface area contributed by atoms with Crippen molar-refractivity contribution in [2.24, 2.45) is 0 Å². The molecule has 1 aliphatic heterocycles. The van der Waals surface area contributed by atoms with Gasteiger partial charge in [-0.15, -0.1) is 0 Å². The molecule has 1 aliphatic rings. The number of likely N-dealkylation sites (N-methyl/N-ethyl adjacent to an activating group) is 1. The van der Waals surface area contributed by atoms with E-state index in [9.17, 15) is 0 Å². The lowest BCUT2D eigenvalue weighted by Gasteiger charge is -2.32. The molecule has 1 aromatic carbocycles. The fourth-order valence-corrected chi connectivity index (χ4v) is 2.62. The molecule has 0 radical (unpaired) electrons. The standard InChI is InChI=1S/C18H29BN2O2/c1-12-9-16(20)13(2)8-14(12)10-15(11-21-7)19-22-17(3,4)18(5,6)23-19/h8-10,21H,11,20H2,1-7H3. The van der Waals surface area contributed by atoms with Crippen LogP contribution in [0.5, 0.6) is 0 Å². The summed E-state index contributed by atoms with van der Waals surface area (Å²) in [5.74, 6) is 0. The molecule has 0 unspecified atom stereocenters. The van der Waals surface area contributed by atoms with Gasteiger partial charge in [0, 0.05) is 12.2 Å². The molecule has 3 N–H and O–H groups in total. The second-order valence-electron chi connectivity index (χ2n) is 7.40. The van der Waals surface area contributed by atoms with E-state index in [1.54, 1.807) is 0 Å². The van der Waals surface area contributed by atoms with E-state index < -0.39 is 0 Å². The summed E-state index contributed by atoms with van der Waals surface area (Å²) in [6, 6.07) is 4.13. The van der Waals surface area contributed by atoms with Crippen molar-refractivity contribution in [2.45, 2.75) is 52.7 Å². The quantitative estimate of drug-likeness (QED) is 0.662. The highest BCUT2D eigenvalue weighted by Gasteiger charge is 2.52. The third-order valence-electron chi connectivity index (χ3n) is 4.93. The minimum atomic E-state index is -0.343. The first-order valence-electron chi connectivity index (χ1n) is 8.15. The van der Waals surface area contributed by atoms with Crippen molar-refractivity contribution in [1.82, 2.24) is 5.32 Å². The zero-order valence-corrected chi connectivity index (χ0v) is 15.4. The lowest BCUT2D eigenvalue weighted by molar-refractivity contribution is 0.00578. The van der Waals surface area contributed by atoms with Crippen molar-refractivity contribution >= 4 is 18.9 Å². The lowest BCUT2D eigenvalue weighted by atomic mass is 9.76. The molecule has 126 valence electrons. The van der Waals surface area contributed by atoms with E-state index in [2.05, 4.69) is 52.1 Å². The van der Waals surface area contributed by atoms with Crippen molar-refractivity contribution in [3.8, 4) is 0 Å². The predicted molar refractivity (Wildman–Crippen MR) is 98.3 cm³/mol. The molecule has 1 saturated heterocycles. The number of rotatable bonds is 4. The van der Waals surface area contributed by atoms with Crippen LogP contribution in [-0.2, 0) is 9.31 Å². The highest BCUT2D eigenvalue weighted by atomic mass is 16.7. The van der Waals surface area contributed by atoms with Crippen LogP contribution in [0.4, 0.5) is 5.69 Å². The molecule has 0 saturated carbocycles. The molecule has 2 rings (SSSR count). The molecule has 0 spiro atoms. The van der Waals surface area contributed by atoms with Crippen molar-refractivity contribution in [1.29, 1.82) is 0 Å². The van der Waals surface area contributed by atoms with E-state index in [1.807, 2.05) is 20.0 Å². The van der Waals surface area contributed by atoms with Gasteiger partial charge in [-0.2, -0.15) is 0 Å². The van der Waals surface area contributed by atoms with Gasteiger partial charge in [-0.1, -0.05) is 6.08 Å². The molecule has 0 aromatic heterocycles. The van der Waals surface area contributed by atoms with Gasteiger partial charge >= 0.3 is 7.12 Å². The van der Waals surface area contributed by atoms with E-state index in [4.69, 9.17) is 15.0 Å². The van der Waals surface area contributed by atoms with Gasteiger partial charge < -0.3 is 20.4 Å². The minimum Gasteiger partial charge on any atom is -0.400 e. The molecule has 5 heteroatoms. The van der Waals surface area contributed by atoms with Crippen LogP contribution in [0.15, 0.2) is 17.6 Å². The molecule has 1 heterocycles. The van der Waals surface area contributed by atoms with Gasteiger partial charge in [0.05, 0.1) is 11.2 Å². The average molecular weight is 316 g/mol. The van der Waals surface area contributed by atoms with Crippen LogP contribution in [0.3, 0.4) is 0 Å². The zero-order chi connectivity index (χ0) is 17.4. The summed E-state index contributed by atoms with van der Waals surface area (Å²) in [4.78, 5) is 0. The molecule has 0 aliphatic carbocycles. The van der Waals surface area contributed by atoms with Crippen LogP contribution in [0, 0.1) is 13.8 Å². The van der Waals surface area contributed by atoms with E-state index >= 15 is 0 Å². The molecule has 0 amide bonds. The van der Waals surface area contributed by atoms with E-state index in [1.165, 1.54) is 0 Å². The van der Waals surface area contributed by atoms with Crippen molar-refractivity contribution in [3.05, 3.63) is 34.3 Å². The maximum Gasteiger partial charge on any atom is 0.491 e. The van der Waals surface area contributed by atoms with E-state index in [0.29, 0.717) is 6.54 Å². The summed E-state index contributed by atoms with van der Waals surface area (Å²) in [6.07, 6.45) is 2.15. The van der Waals surface area contributed by atoms with Crippen molar-refractivity contribution in [3.63, 3.8) is 0 Å². The summed E-state index contributed by atoms with van der Waals surface area (Å²) in [7, 11) is 1.59. The van der Waals surface area contributed by atoms with Crippen LogP contribution in [0.1, 0.15) is 44.4 Å². The number of aryl methyl sites for hydroxylation is 2. The monoisotopic (exact) mass is 316 g/mol. The Hall–Kier alpha value is -1.30. The number of anilines is 1. The minimum absolute atomic E-state index is 0.337. The van der Waals surface area contributed by atoms with Gasteiger partial charge in [-0.05, 0) is 82.9 Å². The van der Waals surface area contributed by atoms with Crippen LogP contribution in [0.2, 0.25) is 0 Å². The Morgan fingerprint density at radius 2 is 1.70 bits per heavy atom. The second kappa shape index (κ2) is 6.31.